The number of aliphatic hydroxyl groups is 1. The maximum absolute atomic E-state index is 10.3. The summed E-state index contributed by atoms with van der Waals surface area (Å²) in [6, 6.07) is 3.62. The summed E-state index contributed by atoms with van der Waals surface area (Å²) in [6.45, 7) is 0. The molecule has 1 N–H and O–H groups in total. The van der Waals surface area contributed by atoms with Crippen molar-refractivity contribution in [2.24, 2.45) is 0 Å². The Labute approximate surface area is 102 Å². The maximum Gasteiger partial charge on any atom is 0.259 e. The number of pyridine rings is 1. The minimum Gasteiger partial charge on any atom is -0.379 e. The molecule has 6 heteroatoms. The Morgan fingerprint density at radius 1 is 1.35 bits per heavy atom. The van der Waals surface area contributed by atoms with E-state index in [2.05, 4.69) is 15.1 Å². The highest BCUT2D eigenvalue weighted by molar-refractivity contribution is 7.99. The SMILES string of the molecule is O[C@]1(c2nc(-c3ccncc3)no2)CCSC1. The fraction of sp³-hybridized carbons (Fsp3) is 0.364. The summed E-state index contributed by atoms with van der Waals surface area (Å²) in [5, 5.41) is 14.2. The fourth-order valence-electron chi connectivity index (χ4n) is 1.75. The van der Waals surface area contributed by atoms with Crippen molar-refractivity contribution in [1.29, 1.82) is 0 Å². The molecule has 3 heterocycles. The van der Waals surface area contributed by atoms with Gasteiger partial charge in [0.15, 0.2) is 5.60 Å². The highest BCUT2D eigenvalue weighted by Crippen LogP contribution is 2.36. The quantitative estimate of drug-likeness (QED) is 0.868. The molecule has 0 aliphatic carbocycles. The number of thioether (sulfide) groups is 1. The zero-order valence-electron chi connectivity index (χ0n) is 9.04. The second-order valence-electron chi connectivity index (χ2n) is 3.99. The van der Waals surface area contributed by atoms with Crippen LogP contribution < -0.4 is 0 Å². The van der Waals surface area contributed by atoms with Gasteiger partial charge >= 0.3 is 0 Å². The molecule has 2 aromatic heterocycles. The van der Waals surface area contributed by atoms with Crippen molar-refractivity contribution in [3.05, 3.63) is 30.4 Å². The molecule has 0 spiro atoms. The average molecular weight is 249 g/mol. The topological polar surface area (TPSA) is 72.0 Å². The summed E-state index contributed by atoms with van der Waals surface area (Å²) in [6.07, 6.45) is 4.01. The number of rotatable bonds is 2. The van der Waals surface area contributed by atoms with Crippen LogP contribution in [0.5, 0.6) is 0 Å². The second kappa shape index (κ2) is 4.12. The van der Waals surface area contributed by atoms with Crippen LogP contribution >= 0.6 is 11.8 Å². The molecule has 1 fully saturated rings. The van der Waals surface area contributed by atoms with Crippen LogP contribution in [0.3, 0.4) is 0 Å². The molecule has 1 atom stereocenters. The summed E-state index contributed by atoms with van der Waals surface area (Å²) in [7, 11) is 0. The van der Waals surface area contributed by atoms with Gasteiger partial charge in [0.2, 0.25) is 5.82 Å². The normalized spacial score (nSPS) is 24.1. The standard InChI is InChI=1S/C11H11N3O2S/c15-11(3-6-17-7-11)10-13-9(14-16-10)8-1-4-12-5-2-8/h1-2,4-5,15H,3,6-7H2/t11-/m1/s1. The monoisotopic (exact) mass is 249 g/mol. The zero-order valence-corrected chi connectivity index (χ0v) is 9.85. The third-order valence-electron chi connectivity index (χ3n) is 2.76. The first-order valence-electron chi connectivity index (χ1n) is 5.33. The molecular formula is C11H11N3O2S. The van der Waals surface area contributed by atoms with E-state index in [1.807, 2.05) is 12.1 Å². The smallest absolute Gasteiger partial charge is 0.259 e. The number of hydrogen-bond donors (Lipinski definition) is 1. The largest absolute Gasteiger partial charge is 0.379 e. The van der Waals surface area contributed by atoms with E-state index in [0.717, 1.165) is 11.3 Å². The molecular weight excluding hydrogens is 238 g/mol. The molecule has 0 saturated carbocycles. The third-order valence-corrected chi connectivity index (χ3v) is 3.94. The van der Waals surface area contributed by atoms with E-state index in [1.54, 1.807) is 24.2 Å². The Morgan fingerprint density at radius 2 is 2.18 bits per heavy atom. The molecule has 5 nitrogen and oxygen atoms in total. The van der Waals surface area contributed by atoms with Crippen LogP contribution in [0.25, 0.3) is 11.4 Å². The molecule has 0 aromatic carbocycles. The number of nitrogens with zero attached hydrogens (tertiary/aromatic N) is 3. The first kappa shape index (κ1) is 10.7. The van der Waals surface area contributed by atoms with Crippen LogP contribution in [0.15, 0.2) is 29.0 Å². The number of hydrogen-bond acceptors (Lipinski definition) is 6. The predicted molar refractivity (Wildman–Crippen MR) is 63.4 cm³/mol. The van der Waals surface area contributed by atoms with E-state index < -0.39 is 5.60 Å². The van der Waals surface area contributed by atoms with Gasteiger partial charge in [-0.25, -0.2) is 0 Å². The van der Waals surface area contributed by atoms with Crippen molar-refractivity contribution in [1.82, 2.24) is 15.1 Å². The van der Waals surface area contributed by atoms with Gasteiger partial charge in [-0.2, -0.15) is 16.7 Å². The van der Waals surface area contributed by atoms with Crippen LogP contribution in [0.4, 0.5) is 0 Å². The molecule has 1 aliphatic rings. The summed E-state index contributed by atoms with van der Waals surface area (Å²) >= 11 is 1.69. The minimum absolute atomic E-state index is 0.314. The van der Waals surface area contributed by atoms with E-state index >= 15 is 0 Å². The van der Waals surface area contributed by atoms with Crippen LogP contribution in [0.1, 0.15) is 12.3 Å². The van der Waals surface area contributed by atoms with Crippen LogP contribution in [0.2, 0.25) is 0 Å². The van der Waals surface area contributed by atoms with Gasteiger partial charge in [0, 0.05) is 23.7 Å². The van der Waals surface area contributed by atoms with E-state index in [4.69, 9.17) is 4.52 Å². The predicted octanol–water partition coefficient (Wildman–Crippen LogP) is 1.46. The minimum atomic E-state index is -0.955. The summed E-state index contributed by atoms with van der Waals surface area (Å²) in [5.74, 6) is 2.34. The summed E-state index contributed by atoms with van der Waals surface area (Å²) in [4.78, 5) is 8.20. The molecule has 1 saturated heterocycles. The van der Waals surface area contributed by atoms with Gasteiger partial charge in [-0.15, -0.1) is 0 Å². The second-order valence-corrected chi connectivity index (χ2v) is 5.10. The summed E-state index contributed by atoms with van der Waals surface area (Å²) < 4.78 is 5.16. The van der Waals surface area contributed by atoms with Crippen LogP contribution in [-0.4, -0.2) is 31.7 Å². The summed E-state index contributed by atoms with van der Waals surface area (Å²) in [5.41, 5.74) is -0.118. The molecule has 88 valence electrons. The van der Waals surface area contributed by atoms with Crippen LogP contribution in [-0.2, 0) is 5.60 Å². The lowest BCUT2D eigenvalue weighted by Gasteiger charge is -2.14. The molecule has 3 rings (SSSR count). The van der Waals surface area contributed by atoms with Crippen molar-refractivity contribution >= 4 is 11.8 Å². The van der Waals surface area contributed by atoms with Crippen molar-refractivity contribution < 1.29 is 9.63 Å². The lowest BCUT2D eigenvalue weighted by Crippen LogP contribution is -2.25. The molecule has 17 heavy (non-hydrogen) atoms. The Bertz CT molecular complexity index is 508. The third kappa shape index (κ3) is 1.94. The fourth-order valence-corrected chi connectivity index (χ4v) is 2.99. The van der Waals surface area contributed by atoms with Crippen LogP contribution in [0, 0.1) is 0 Å². The highest BCUT2D eigenvalue weighted by Gasteiger charge is 2.39. The first-order valence-corrected chi connectivity index (χ1v) is 6.48. The van der Waals surface area contributed by atoms with Gasteiger partial charge in [-0.05, 0) is 24.3 Å². The molecule has 0 unspecified atom stereocenters. The number of aromatic nitrogens is 3. The van der Waals surface area contributed by atoms with Crippen molar-refractivity contribution in [3.8, 4) is 11.4 Å². The van der Waals surface area contributed by atoms with E-state index in [1.165, 1.54) is 0 Å². The molecule has 0 bridgehead atoms. The van der Waals surface area contributed by atoms with Gasteiger partial charge in [-0.3, -0.25) is 4.98 Å². The lowest BCUT2D eigenvalue weighted by atomic mass is 10.0. The Balaban J connectivity index is 1.93. The molecule has 1 aliphatic heterocycles. The lowest BCUT2D eigenvalue weighted by molar-refractivity contribution is 0.0307. The molecule has 0 radical (unpaired) electrons. The maximum atomic E-state index is 10.3. The van der Waals surface area contributed by atoms with Crippen molar-refractivity contribution in [2.45, 2.75) is 12.0 Å². The van der Waals surface area contributed by atoms with Gasteiger partial charge in [0.1, 0.15) is 0 Å². The van der Waals surface area contributed by atoms with Crippen molar-refractivity contribution in [2.75, 3.05) is 11.5 Å². The van der Waals surface area contributed by atoms with E-state index in [0.29, 0.717) is 23.9 Å². The van der Waals surface area contributed by atoms with E-state index in [9.17, 15) is 5.11 Å². The molecule has 2 aromatic rings. The Morgan fingerprint density at radius 3 is 2.88 bits per heavy atom. The molecule has 0 amide bonds. The first-order chi connectivity index (χ1) is 8.28. The Kier molecular flexibility index (Phi) is 2.60. The zero-order chi connectivity index (χ0) is 11.7. The van der Waals surface area contributed by atoms with Gasteiger partial charge in [0.05, 0.1) is 0 Å². The van der Waals surface area contributed by atoms with Gasteiger partial charge < -0.3 is 9.63 Å². The van der Waals surface area contributed by atoms with Gasteiger partial charge in [0.25, 0.3) is 5.89 Å². The average Bonchev–Trinajstić information content (AvgIpc) is 2.99. The van der Waals surface area contributed by atoms with E-state index in [-0.39, 0.29) is 0 Å². The Hall–Kier alpha value is -1.40. The highest BCUT2D eigenvalue weighted by atomic mass is 32.2. The van der Waals surface area contributed by atoms with Gasteiger partial charge in [-0.1, -0.05) is 5.16 Å². The van der Waals surface area contributed by atoms with Crippen molar-refractivity contribution in [3.63, 3.8) is 0 Å².